The minimum Gasteiger partial charge on any atom is -0.377 e. The second kappa shape index (κ2) is 15.5. The molecule has 5 heteroatoms. The lowest BCUT2D eigenvalue weighted by Crippen LogP contribution is -2.40. The Balaban J connectivity index is 1.75. The van der Waals surface area contributed by atoms with Gasteiger partial charge in [-0.25, -0.2) is 0 Å². The predicted molar refractivity (Wildman–Crippen MR) is 173 cm³/mol. The van der Waals surface area contributed by atoms with Crippen molar-refractivity contribution in [1.82, 2.24) is 4.90 Å². The number of benzene rings is 2. The third-order valence-electron chi connectivity index (χ3n) is 8.24. The smallest absolute Gasteiger partial charge is 0.222 e. The Bertz CT molecular complexity index is 1160. The Morgan fingerprint density at radius 2 is 1.49 bits per heavy atom. The summed E-state index contributed by atoms with van der Waals surface area (Å²) in [6, 6.07) is 20.7. The zero-order valence-electron chi connectivity index (χ0n) is 26.2. The maximum atomic E-state index is 13.1. The molecule has 0 radical (unpaired) electrons. The number of amides is 1. The van der Waals surface area contributed by atoms with Crippen molar-refractivity contribution in [3.05, 3.63) is 83.9 Å². The third kappa shape index (κ3) is 11.3. The molecular formula is C36H51NO3Si. The summed E-state index contributed by atoms with van der Waals surface area (Å²) in [5.41, 5.74) is 5.70. The summed E-state index contributed by atoms with van der Waals surface area (Å²) in [7, 11) is 2.28. The molecule has 0 N–H and O–H groups in total. The second-order valence-electron chi connectivity index (χ2n) is 13.2. The van der Waals surface area contributed by atoms with Gasteiger partial charge in [0.05, 0.1) is 13.2 Å². The number of hydrogen-bond donors (Lipinski definition) is 0. The summed E-state index contributed by atoms with van der Waals surface area (Å²) in [5.74, 6) is 4.03. The van der Waals surface area contributed by atoms with Gasteiger partial charge in [-0.15, -0.1) is 11.5 Å². The van der Waals surface area contributed by atoms with Crippen LogP contribution >= 0.6 is 0 Å². The molecule has 1 aliphatic rings. The van der Waals surface area contributed by atoms with Gasteiger partial charge in [-0.05, 0) is 53.6 Å². The molecule has 0 aromatic heterocycles. The molecule has 0 bridgehead atoms. The highest BCUT2D eigenvalue weighted by atomic mass is 28.3. The highest BCUT2D eigenvalue weighted by molar-refractivity contribution is 6.83. The minimum absolute atomic E-state index is 0.0263. The summed E-state index contributed by atoms with van der Waals surface area (Å²) < 4.78 is 12.3. The van der Waals surface area contributed by atoms with Crippen LogP contribution in [0.15, 0.2) is 72.8 Å². The van der Waals surface area contributed by atoms with Gasteiger partial charge in [-0.3, -0.25) is 4.79 Å². The van der Waals surface area contributed by atoms with Crippen LogP contribution in [0.5, 0.6) is 0 Å². The van der Waals surface area contributed by atoms with Gasteiger partial charge in [0.1, 0.15) is 8.07 Å². The molecule has 3 atom stereocenters. The molecule has 2 aromatic carbocycles. The molecule has 1 amide bonds. The maximum Gasteiger partial charge on any atom is 0.222 e. The van der Waals surface area contributed by atoms with Crippen LogP contribution in [0.4, 0.5) is 0 Å². The first-order valence-electron chi connectivity index (χ1n) is 15.1. The van der Waals surface area contributed by atoms with E-state index in [1.54, 1.807) is 4.90 Å². The molecule has 41 heavy (non-hydrogen) atoms. The van der Waals surface area contributed by atoms with Crippen molar-refractivity contribution in [3.63, 3.8) is 0 Å². The Kier molecular flexibility index (Phi) is 12.5. The van der Waals surface area contributed by atoms with Crippen molar-refractivity contribution in [1.29, 1.82) is 0 Å². The van der Waals surface area contributed by atoms with Crippen LogP contribution in [-0.2, 0) is 27.5 Å². The molecule has 0 spiro atoms. The van der Waals surface area contributed by atoms with Crippen LogP contribution in [0.3, 0.4) is 0 Å². The topological polar surface area (TPSA) is 38.8 Å². The standard InChI is InChI=1S/C36H51NO3Si/c1-35(23-25-40-30-32-17-11-8-12-18-32)21-22-36(28-34(38)37(2)3,20-13-14-26-41(4,5)6)27-33(35)19-24-39-29-31-15-9-7-10-16-31/h7-12,15-18,21-22,33H,13,19-20,23-25,27-30H2,1-6H3/t33-,35+,36-/m0/s1. The summed E-state index contributed by atoms with van der Waals surface area (Å²) in [4.78, 5) is 14.8. The van der Waals surface area contributed by atoms with Crippen molar-refractivity contribution in [2.24, 2.45) is 16.7 Å². The molecule has 0 fully saturated rings. The SMILES string of the molecule is CN(C)C(=O)C[C@@]1(CCC#C[Si](C)(C)C)C=C[C@](C)(CCOCc2ccccc2)[C@@H](CCOCc2ccccc2)C1. The van der Waals surface area contributed by atoms with Gasteiger partial charge in [0.15, 0.2) is 0 Å². The van der Waals surface area contributed by atoms with Gasteiger partial charge >= 0.3 is 0 Å². The summed E-state index contributed by atoms with van der Waals surface area (Å²) >= 11 is 0. The fraction of sp³-hybridized carbons (Fsp3) is 0.528. The first kappa shape index (κ1) is 32.9. The van der Waals surface area contributed by atoms with Crippen LogP contribution in [-0.4, -0.2) is 46.2 Å². The van der Waals surface area contributed by atoms with Crippen LogP contribution in [0.25, 0.3) is 0 Å². The molecule has 3 rings (SSSR count). The number of hydrogen-bond acceptors (Lipinski definition) is 3. The van der Waals surface area contributed by atoms with E-state index < -0.39 is 8.07 Å². The van der Waals surface area contributed by atoms with E-state index in [-0.39, 0.29) is 16.7 Å². The number of ether oxygens (including phenoxy) is 2. The lowest BCUT2D eigenvalue weighted by molar-refractivity contribution is -0.131. The van der Waals surface area contributed by atoms with Crippen molar-refractivity contribution in [2.45, 2.75) is 78.3 Å². The van der Waals surface area contributed by atoms with Crippen LogP contribution in [0, 0.1) is 28.2 Å². The molecule has 0 unspecified atom stereocenters. The van der Waals surface area contributed by atoms with Gasteiger partial charge in [0.2, 0.25) is 5.91 Å². The first-order chi connectivity index (χ1) is 19.5. The minimum atomic E-state index is -1.43. The number of rotatable bonds is 14. The molecule has 0 saturated heterocycles. The van der Waals surface area contributed by atoms with Crippen molar-refractivity contribution in [3.8, 4) is 11.5 Å². The predicted octanol–water partition coefficient (Wildman–Crippen LogP) is 7.91. The van der Waals surface area contributed by atoms with E-state index in [1.165, 1.54) is 11.1 Å². The van der Waals surface area contributed by atoms with Crippen LogP contribution in [0.2, 0.25) is 19.6 Å². The highest BCUT2D eigenvalue weighted by Gasteiger charge is 2.43. The molecular weight excluding hydrogens is 522 g/mol. The van der Waals surface area contributed by atoms with Crippen molar-refractivity contribution < 1.29 is 14.3 Å². The molecule has 1 aliphatic carbocycles. The van der Waals surface area contributed by atoms with Gasteiger partial charge in [0, 0.05) is 40.2 Å². The number of carbonyl (C=O) groups excluding carboxylic acids is 1. The average molecular weight is 574 g/mol. The van der Waals surface area contributed by atoms with E-state index in [0.29, 0.717) is 38.8 Å². The molecule has 0 saturated carbocycles. The van der Waals surface area contributed by atoms with Gasteiger partial charge in [0.25, 0.3) is 0 Å². The summed E-state index contributed by atoms with van der Waals surface area (Å²) in [5, 5.41) is 0. The third-order valence-corrected chi connectivity index (χ3v) is 9.16. The summed E-state index contributed by atoms with van der Waals surface area (Å²) in [6.07, 6.45) is 9.86. The lowest BCUT2D eigenvalue weighted by Gasteiger charge is -2.46. The molecule has 0 aliphatic heterocycles. The number of allylic oxidation sites excluding steroid dienone is 2. The molecule has 4 nitrogen and oxygen atoms in total. The van der Waals surface area contributed by atoms with Crippen molar-refractivity contribution in [2.75, 3.05) is 27.3 Å². The van der Waals surface area contributed by atoms with Crippen LogP contribution in [0.1, 0.15) is 56.6 Å². The van der Waals surface area contributed by atoms with E-state index in [0.717, 1.165) is 32.1 Å². The zero-order chi connectivity index (χ0) is 29.8. The van der Waals surface area contributed by atoms with Crippen LogP contribution < -0.4 is 0 Å². The Hall–Kier alpha value is -2.65. The maximum absolute atomic E-state index is 13.1. The second-order valence-corrected chi connectivity index (χ2v) is 18.0. The highest BCUT2D eigenvalue weighted by Crippen LogP contribution is 2.51. The number of carbonyl (C=O) groups is 1. The molecule has 222 valence electrons. The van der Waals surface area contributed by atoms with E-state index in [1.807, 2.05) is 26.2 Å². The Morgan fingerprint density at radius 3 is 2.05 bits per heavy atom. The first-order valence-corrected chi connectivity index (χ1v) is 18.6. The zero-order valence-corrected chi connectivity index (χ0v) is 27.2. The lowest BCUT2D eigenvalue weighted by atomic mass is 9.59. The van der Waals surface area contributed by atoms with E-state index in [4.69, 9.17) is 9.47 Å². The largest absolute Gasteiger partial charge is 0.377 e. The Morgan fingerprint density at radius 1 is 0.902 bits per heavy atom. The molecule has 2 aromatic rings. The Labute approximate surface area is 250 Å². The summed E-state index contributed by atoms with van der Waals surface area (Å²) in [6.45, 7) is 11.8. The monoisotopic (exact) mass is 573 g/mol. The molecule has 0 heterocycles. The van der Waals surface area contributed by atoms with Gasteiger partial charge < -0.3 is 14.4 Å². The quantitative estimate of drug-likeness (QED) is 0.0998. The van der Waals surface area contributed by atoms with Gasteiger partial charge in [-0.1, -0.05) is 99.4 Å². The van der Waals surface area contributed by atoms with Gasteiger partial charge in [-0.2, -0.15) is 0 Å². The fourth-order valence-electron chi connectivity index (χ4n) is 5.56. The van der Waals surface area contributed by atoms with E-state index >= 15 is 0 Å². The average Bonchev–Trinajstić information content (AvgIpc) is 2.94. The number of nitrogens with zero attached hydrogens (tertiary/aromatic N) is 1. The fourth-order valence-corrected chi connectivity index (χ4v) is 6.22. The van der Waals surface area contributed by atoms with E-state index in [9.17, 15) is 4.79 Å². The van der Waals surface area contributed by atoms with Crippen molar-refractivity contribution >= 4 is 14.0 Å². The normalized spacial score (nSPS) is 22.1. The van der Waals surface area contributed by atoms with E-state index in [2.05, 4.69) is 98.7 Å².